The van der Waals surface area contributed by atoms with E-state index in [2.05, 4.69) is 15.5 Å². The average molecular weight is 333 g/mol. The molecular formula is C17H23N3O2S. The first-order valence-corrected chi connectivity index (χ1v) is 9.28. The van der Waals surface area contributed by atoms with Gasteiger partial charge in [0.2, 0.25) is 5.91 Å². The highest BCUT2D eigenvalue weighted by Crippen LogP contribution is 2.31. The van der Waals surface area contributed by atoms with Gasteiger partial charge in [-0.3, -0.25) is 9.59 Å². The van der Waals surface area contributed by atoms with Crippen LogP contribution >= 0.6 is 11.8 Å². The lowest BCUT2D eigenvalue weighted by molar-refractivity contribution is -0.113. The molecule has 2 N–H and O–H groups in total. The number of anilines is 1. The van der Waals surface area contributed by atoms with Crippen LogP contribution in [0.3, 0.4) is 0 Å². The van der Waals surface area contributed by atoms with Crippen molar-refractivity contribution in [2.24, 2.45) is 0 Å². The van der Waals surface area contributed by atoms with Crippen LogP contribution in [0.5, 0.6) is 0 Å². The molecule has 2 aliphatic heterocycles. The van der Waals surface area contributed by atoms with Gasteiger partial charge in [0.1, 0.15) is 0 Å². The Morgan fingerprint density at radius 2 is 2.00 bits per heavy atom. The normalized spacial score (nSPS) is 18.7. The van der Waals surface area contributed by atoms with E-state index >= 15 is 0 Å². The molecule has 1 saturated heterocycles. The first-order chi connectivity index (χ1) is 11.2. The number of nitrogens with zero attached hydrogens (tertiary/aromatic N) is 1. The minimum Gasteiger partial charge on any atom is -0.351 e. The van der Waals surface area contributed by atoms with Gasteiger partial charge in [-0.05, 0) is 44.1 Å². The van der Waals surface area contributed by atoms with Gasteiger partial charge in [0, 0.05) is 23.5 Å². The van der Waals surface area contributed by atoms with Crippen molar-refractivity contribution >= 4 is 29.3 Å². The molecule has 1 aromatic carbocycles. The number of carbonyl (C=O) groups excluding carboxylic acids is 2. The smallest absolute Gasteiger partial charge is 0.251 e. The second kappa shape index (κ2) is 7.84. The van der Waals surface area contributed by atoms with Gasteiger partial charge in [-0.2, -0.15) is 0 Å². The lowest BCUT2D eigenvalue weighted by Crippen LogP contribution is -2.35. The van der Waals surface area contributed by atoms with Gasteiger partial charge in [0.05, 0.1) is 11.4 Å². The number of benzene rings is 1. The SMILES string of the molecule is O=C1CSc2ccc(C(=O)NCCN3CCCCCC3)cc2N1. The molecule has 2 amide bonds. The Hall–Kier alpha value is -1.53. The number of amides is 2. The van der Waals surface area contributed by atoms with E-state index in [4.69, 9.17) is 0 Å². The first kappa shape index (κ1) is 16.3. The number of carbonyl (C=O) groups is 2. The van der Waals surface area contributed by atoms with Crippen molar-refractivity contribution < 1.29 is 9.59 Å². The summed E-state index contributed by atoms with van der Waals surface area (Å²) < 4.78 is 0. The van der Waals surface area contributed by atoms with E-state index in [9.17, 15) is 9.59 Å². The van der Waals surface area contributed by atoms with Crippen molar-refractivity contribution in [3.63, 3.8) is 0 Å². The standard InChI is InChI=1S/C17H23N3O2S/c21-16-12-23-15-6-5-13(11-14(15)19-16)17(22)18-7-10-20-8-3-1-2-4-9-20/h5-6,11H,1-4,7-10,12H2,(H,18,22)(H,19,21). The van der Waals surface area contributed by atoms with Crippen molar-refractivity contribution in [3.05, 3.63) is 23.8 Å². The number of rotatable bonds is 4. The molecule has 5 nitrogen and oxygen atoms in total. The molecule has 0 spiro atoms. The molecule has 23 heavy (non-hydrogen) atoms. The molecule has 0 radical (unpaired) electrons. The summed E-state index contributed by atoms with van der Waals surface area (Å²) in [5.74, 6) is 0.350. The summed E-state index contributed by atoms with van der Waals surface area (Å²) in [6, 6.07) is 5.49. The number of nitrogens with one attached hydrogen (secondary N) is 2. The van der Waals surface area contributed by atoms with E-state index in [1.54, 1.807) is 6.07 Å². The second-order valence-corrected chi connectivity index (χ2v) is 7.08. The van der Waals surface area contributed by atoms with Crippen molar-refractivity contribution in [1.82, 2.24) is 10.2 Å². The summed E-state index contributed by atoms with van der Waals surface area (Å²) in [6.45, 7) is 3.84. The van der Waals surface area contributed by atoms with Crippen LogP contribution in [0.2, 0.25) is 0 Å². The molecule has 1 aromatic rings. The molecule has 124 valence electrons. The monoisotopic (exact) mass is 333 g/mol. The molecule has 2 aliphatic rings. The van der Waals surface area contributed by atoms with E-state index in [1.165, 1.54) is 37.4 Å². The summed E-state index contributed by atoms with van der Waals surface area (Å²) in [4.78, 5) is 27.2. The zero-order valence-corrected chi connectivity index (χ0v) is 14.1. The predicted octanol–water partition coefficient (Wildman–Crippen LogP) is 2.34. The van der Waals surface area contributed by atoms with Gasteiger partial charge in [-0.1, -0.05) is 12.8 Å². The van der Waals surface area contributed by atoms with Gasteiger partial charge < -0.3 is 15.5 Å². The summed E-state index contributed by atoms with van der Waals surface area (Å²) in [6.07, 6.45) is 5.16. The van der Waals surface area contributed by atoms with E-state index < -0.39 is 0 Å². The summed E-state index contributed by atoms with van der Waals surface area (Å²) >= 11 is 1.51. The molecule has 0 unspecified atom stereocenters. The Morgan fingerprint density at radius 3 is 2.78 bits per heavy atom. The highest BCUT2D eigenvalue weighted by Gasteiger charge is 2.17. The van der Waals surface area contributed by atoms with Crippen LogP contribution in [0.15, 0.2) is 23.1 Å². The fourth-order valence-corrected chi connectivity index (χ4v) is 3.80. The van der Waals surface area contributed by atoms with Crippen LogP contribution in [-0.4, -0.2) is 48.6 Å². The number of thioether (sulfide) groups is 1. The maximum absolute atomic E-state index is 12.3. The molecule has 0 saturated carbocycles. The van der Waals surface area contributed by atoms with Crippen LogP contribution in [0.1, 0.15) is 36.0 Å². The number of hydrogen-bond donors (Lipinski definition) is 2. The predicted molar refractivity (Wildman–Crippen MR) is 93.0 cm³/mol. The second-order valence-electron chi connectivity index (χ2n) is 6.06. The molecule has 3 rings (SSSR count). The Balaban J connectivity index is 1.52. The summed E-state index contributed by atoms with van der Waals surface area (Å²) in [7, 11) is 0. The summed E-state index contributed by atoms with van der Waals surface area (Å²) in [5, 5.41) is 5.81. The van der Waals surface area contributed by atoms with Crippen LogP contribution in [0.25, 0.3) is 0 Å². The molecule has 0 atom stereocenters. The fraction of sp³-hybridized carbons (Fsp3) is 0.529. The first-order valence-electron chi connectivity index (χ1n) is 8.29. The minimum absolute atomic E-state index is 0.0128. The molecule has 6 heteroatoms. The zero-order chi connectivity index (χ0) is 16.1. The van der Waals surface area contributed by atoms with E-state index in [0.29, 0.717) is 17.9 Å². The van der Waals surface area contributed by atoms with Crippen molar-refractivity contribution in [3.8, 4) is 0 Å². The lowest BCUT2D eigenvalue weighted by Gasteiger charge is -2.20. The van der Waals surface area contributed by atoms with Crippen LogP contribution in [0, 0.1) is 0 Å². The fourth-order valence-electron chi connectivity index (χ4n) is 3.01. The van der Waals surface area contributed by atoms with Gasteiger partial charge in [-0.25, -0.2) is 0 Å². The molecule has 1 fully saturated rings. The van der Waals surface area contributed by atoms with Crippen LogP contribution in [0.4, 0.5) is 5.69 Å². The van der Waals surface area contributed by atoms with Gasteiger partial charge in [0.25, 0.3) is 5.91 Å². The Labute approximate surface area is 141 Å². The lowest BCUT2D eigenvalue weighted by atomic mass is 10.2. The Morgan fingerprint density at radius 1 is 1.22 bits per heavy atom. The zero-order valence-electron chi connectivity index (χ0n) is 13.3. The van der Waals surface area contributed by atoms with Crippen LogP contribution < -0.4 is 10.6 Å². The largest absolute Gasteiger partial charge is 0.351 e. The van der Waals surface area contributed by atoms with Gasteiger partial charge in [0.15, 0.2) is 0 Å². The Bertz CT molecular complexity index is 583. The van der Waals surface area contributed by atoms with E-state index in [-0.39, 0.29) is 11.8 Å². The molecule has 0 aliphatic carbocycles. The quantitative estimate of drug-likeness (QED) is 0.888. The maximum Gasteiger partial charge on any atom is 0.251 e. The van der Waals surface area contributed by atoms with Crippen molar-refractivity contribution in [2.75, 3.05) is 37.2 Å². The third-order valence-electron chi connectivity index (χ3n) is 4.29. The maximum atomic E-state index is 12.3. The molecule has 0 bridgehead atoms. The molecular weight excluding hydrogens is 310 g/mol. The third-order valence-corrected chi connectivity index (χ3v) is 5.36. The van der Waals surface area contributed by atoms with Crippen molar-refractivity contribution in [1.29, 1.82) is 0 Å². The summed E-state index contributed by atoms with van der Waals surface area (Å²) in [5.41, 5.74) is 1.34. The molecule has 0 aromatic heterocycles. The highest BCUT2D eigenvalue weighted by atomic mass is 32.2. The Kier molecular flexibility index (Phi) is 5.56. The number of fused-ring (bicyclic) bond motifs is 1. The van der Waals surface area contributed by atoms with Crippen LogP contribution in [-0.2, 0) is 4.79 Å². The minimum atomic E-state index is -0.0764. The van der Waals surface area contributed by atoms with Gasteiger partial charge >= 0.3 is 0 Å². The number of likely N-dealkylation sites (tertiary alicyclic amines) is 1. The van der Waals surface area contributed by atoms with E-state index in [0.717, 1.165) is 30.2 Å². The highest BCUT2D eigenvalue weighted by molar-refractivity contribution is 8.00. The average Bonchev–Trinajstić information content (AvgIpc) is 2.83. The van der Waals surface area contributed by atoms with Crippen molar-refractivity contribution in [2.45, 2.75) is 30.6 Å². The van der Waals surface area contributed by atoms with E-state index in [1.807, 2.05) is 12.1 Å². The van der Waals surface area contributed by atoms with Gasteiger partial charge in [-0.15, -0.1) is 11.8 Å². The third kappa shape index (κ3) is 4.48. The molecule has 2 heterocycles. The topological polar surface area (TPSA) is 61.4 Å². The number of hydrogen-bond acceptors (Lipinski definition) is 4.